The molecule has 0 unspecified atom stereocenters. The zero-order chi connectivity index (χ0) is 25.4. The van der Waals surface area contributed by atoms with E-state index in [4.69, 9.17) is 15.2 Å². The lowest BCUT2D eigenvalue weighted by Crippen LogP contribution is -2.42. The molecule has 0 aliphatic rings. The van der Waals surface area contributed by atoms with E-state index >= 15 is 0 Å². The van der Waals surface area contributed by atoms with Crippen LogP contribution < -0.4 is 11.1 Å². The van der Waals surface area contributed by atoms with Crippen molar-refractivity contribution in [2.45, 2.75) is 45.6 Å². The number of hydrogen-bond donors (Lipinski definition) is 2. The quantitative estimate of drug-likeness (QED) is 0.398. The Balaban J connectivity index is 1.63. The third-order valence-corrected chi connectivity index (χ3v) is 5.58. The maximum absolute atomic E-state index is 12.7. The maximum Gasteiger partial charge on any atom is 0.328 e. The van der Waals surface area contributed by atoms with Crippen molar-refractivity contribution < 1.29 is 23.9 Å². The number of aromatic nitrogens is 3. The summed E-state index contributed by atoms with van der Waals surface area (Å²) >= 11 is 0. The van der Waals surface area contributed by atoms with Crippen molar-refractivity contribution >= 4 is 34.7 Å². The van der Waals surface area contributed by atoms with Crippen LogP contribution in [0.4, 0.5) is 5.82 Å². The minimum atomic E-state index is -0.939. The summed E-state index contributed by atoms with van der Waals surface area (Å²) in [6.45, 7) is 3.82. The number of hydrogen-bond acceptors (Lipinski definition) is 8. The summed E-state index contributed by atoms with van der Waals surface area (Å²) in [5.74, 6) is -0.978. The second kappa shape index (κ2) is 12.0. The summed E-state index contributed by atoms with van der Waals surface area (Å²) in [6, 6.07) is 6.22. The standard InChI is InChI=1S/C25H31N5O5/c1-4-34-20(31)13-12-19(25(33)35-5-2)29-24(32)17-9-6-16(7-10-17)8-11-18-14-30(3)23-21(18)22(26)27-15-28-23/h6-7,9-10,14-15,19H,4-5,8,11-13H2,1-3H3,(H,29,32)(H2,26,27,28)/t19-/m0/s1. The molecule has 0 aliphatic heterocycles. The Kier molecular flexibility index (Phi) is 8.77. The number of fused-ring (bicyclic) bond motifs is 1. The molecular formula is C25H31N5O5. The van der Waals surface area contributed by atoms with E-state index in [9.17, 15) is 14.4 Å². The molecular weight excluding hydrogens is 450 g/mol. The number of nitrogen functional groups attached to an aromatic ring is 1. The lowest BCUT2D eigenvalue weighted by molar-refractivity contribution is -0.146. The van der Waals surface area contributed by atoms with Gasteiger partial charge in [-0.05, 0) is 56.4 Å². The number of aryl methyl sites for hydroxylation is 3. The molecule has 0 saturated heterocycles. The molecule has 35 heavy (non-hydrogen) atoms. The molecule has 2 heterocycles. The van der Waals surface area contributed by atoms with Gasteiger partial charge in [0.15, 0.2) is 0 Å². The highest BCUT2D eigenvalue weighted by atomic mass is 16.5. The molecule has 0 fully saturated rings. The molecule has 1 aromatic carbocycles. The average Bonchev–Trinajstić information content (AvgIpc) is 3.17. The lowest BCUT2D eigenvalue weighted by atomic mass is 10.0. The number of nitrogens with two attached hydrogens (primary N) is 1. The zero-order valence-electron chi connectivity index (χ0n) is 20.2. The summed E-state index contributed by atoms with van der Waals surface area (Å²) in [7, 11) is 1.92. The number of benzene rings is 1. The third-order valence-electron chi connectivity index (χ3n) is 5.58. The van der Waals surface area contributed by atoms with E-state index in [1.54, 1.807) is 26.0 Å². The molecule has 0 aliphatic carbocycles. The molecule has 10 heteroatoms. The van der Waals surface area contributed by atoms with E-state index in [-0.39, 0.29) is 26.1 Å². The van der Waals surface area contributed by atoms with Crippen LogP contribution >= 0.6 is 0 Å². The van der Waals surface area contributed by atoms with Gasteiger partial charge in [0.1, 0.15) is 23.8 Å². The number of anilines is 1. The van der Waals surface area contributed by atoms with Crippen molar-refractivity contribution in [2.75, 3.05) is 18.9 Å². The van der Waals surface area contributed by atoms with Gasteiger partial charge in [-0.3, -0.25) is 9.59 Å². The first-order valence-electron chi connectivity index (χ1n) is 11.6. The van der Waals surface area contributed by atoms with E-state index in [1.165, 1.54) is 6.33 Å². The van der Waals surface area contributed by atoms with Gasteiger partial charge >= 0.3 is 11.9 Å². The van der Waals surface area contributed by atoms with Crippen LogP contribution in [-0.4, -0.2) is 51.6 Å². The van der Waals surface area contributed by atoms with Crippen LogP contribution in [0.5, 0.6) is 0 Å². The maximum atomic E-state index is 12.7. The van der Waals surface area contributed by atoms with Gasteiger partial charge in [-0.1, -0.05) is 12.1 Å². The minimum absolute atomic E-state index is 0.000259. The first-order valence-corrected chi connectivity index (χ1v) is 11.6. The topological polar surface area (TPSA) is 138 Å². The number of nitrogens with zero attached hydrogens (tertiary/aromatic N) is 3. The molecule has 0 saturated carbocycles. The molecule has 3 N–H and O–H groups in total. The van der Waals surface area contributed by atoms with E-state index < -0.39 is 23.9 Å². The van der Waals surface area contributed by atoms with Gasteiger partial charge < -0.3 is 25.1 Å². The molecule has 0 bridgehead atoms. The van der Waals surface area contributed by atoms with E-state index in [1.807, 2.05) is 29.9 Å². The van der Waals surface area contributed by atoms with Crippen molar-refractivity contribution in [3.05, 3.63) is 53.5 Å². The number of amides is 1. The van der Waals surface area contributed by atoms with Crippen LogP contribution in [0.1, 0.15) is 48.2 Å². The van der Waals surface area contributed by atoms with E-state index in [0.29, 0.717) is 11.4 Å². The van der Waals surface area contributed by atoms with Crippen LogP contribution in [0, 0.1) is 0 Å². The molecule has 1 amide bonds. The smallest absolute Gasteiger partial charge is 0.328 e. The Bertz CT molecular complexity index is 1190. The summed E-state index contributed by atoms with van der Waals surface area (Å²) in [4.78, 5) is 45.1. The van der Waals surface area contributed by atoms with Gasteiger partial charge in [-0.25, -0.2) is 14.8 Å². The Morgan fingerprint density at radius 2 is 1.77 bits per heavy atom. The third kappa shape index (κ3) is 6.56. The average molecular weight is 482 g/mol. The Morgan fingerprint density at radius 3 is 2.46 bits per heavy atom. The molecule has 2 aromatic heterocycles. The lowest BCUT2D eigenvalue weighted by Gasteiger charge is -2.17. The SMILES string of the molecule is CCOC(=O)CC[C@H](NC(=O)c1ccc(CCc2cn(C)c3ncnc(N)c23)cc1)C(=O)OCC. The number of rotatable bonds is 11. The van der Waals surface area contributed by atoms with Crippen LogP contribution in [0.3, 0.4) is 0 Å². The van der Waals surface area contributed by atoms with E-state index in [2.05, 4.69) is 15.3 Å². The minimum Gasteiger partial charge on any atom is -0.466 e. The Hall–Kier alpha value is -3.95. The highest BCUT2D eigenvalue weighted by Crippen LogP contribution is 2.24. The highest BCUT2D eigenvalue weighted by Gasteiger charge is 2.24. The molecule has 3 rings (SSSR count). The van der Waals surface area contributed by atoms with Crippen molar-refractivity contribution in [1.29, 1.82) is 0 Å². The zero-order valence-corrected chi connectivity index (χ0v) is 20.2. The molecule has 0 radical (unpaired) electrons. The van der Waals surface area contributed by atoms with Gasteiger partial charge in [-0.15, -0.1) is 0 Å². The fraction of sp³-hybridized carbons (Fsp3) is 0.400. The second-order valence-electron chi connectivity index (χ2n) is 8.04. The number of carbonyl (C=O) groups excluding carboxylic acids is 3. The molecule has 10 nitrogen and oxygen atoms in total. The largest absolute Gasteiger partial charge is 0.466 e. The Morgan fingerprint density at radius 1 is 1.06 bits per heavy atom. The highest BCUT2D eigenvalue weighted by molar-refractivity contribution is 5.97. The van der Waals surface area contributed by atoms with Gasteiger partial charge in [0.2, 0.25) is 0 Å². The molecule has 0 spiro atoms. The number of esters is 2. The summed E-state index contributed by atoms with van der Waals surface area (Å²) in [5, 5.41) is 3.53. The van der Waals surface area contributed by atoms with Gasteiger partial charge in [-0.2, -0.15) is 0 Å². The van der Waals surface area contributed by atoms with Crippen LogP contribution in [-0.2, 0) is 39.0 Å². The summed E-state index contributed by atoms with van der Waals surface area (Å²) in [5.41, 5.74) is 9.35. The first-order chi connectivity index (χ1) is 16.8. The fourth-order valence-electron chi connectivity index (χ4n) is 3.84. The van der Waals surface area contributed by atoms with Crippen molar-refractivity contribution in [1.82, 2.24) is 19.9 Å². The summed E-state index contributed by atoms with van der Waals surface area (Å²) in [6.07, 6.45) is 5.02. The molecule has 1 atom stereocenters. The molecule has 186 valence electrons. The first kappa shape index (κ1) is 25.7. The monoisotopic (exact) mass is 481 g/mol. The number of nitrogens with one attached hydrogen (secondary N) is 1. The van der Waals surface area contributed by atoms with Crippen molar-refractivity contribution in [3.8, 4) is 0 Å². The Labute approximate surface area is 203 Å². The summed E-state index contributed by atoms with van der Waals surface area (Å²) < 4.78 is 11.9. The number of carbonyl (C=O) groups is 3. The van der Waals surface area contributed by atoms with Gasteiger partial charge in [0.05, 0.1) is 18.6 Å². The second-order valence-corrected chi connectivity index (χ2v) is 8.04. The van der Waals surface area contributed by atoms with E-state index in [0.717, 1.165) is 35.0 Å². The normalized spacial score (nSPS) is 11.7. The van der Waals surface area contributed by atoms with Crippen LogP contribution in [0.25, 0.3) is 11.0 Å². The van der Waals surface area contributed by atoms with Crippen molar-refractivity contribution in [3.63, 3.8) is 0 Å². The predicted molar refractivity (Wildman–Crippen MR) is 131 cm³/mol. The van der Waals surface area contributed by atoms with Crippen molar-refractivity contribution in [2.24, 2.45) is 7.05 Å². The predicted octanol–water partition coefficient (Wildman–Crippen LogP) is 2.34. The van der Waals surface area contributed by atoms with Gasteiger partial charge in [0, 0.05) is 25.2 Å². The molecule has 3 aromatic rings. The van der Waals surface area contributed by atoms with Gasteiger partial charge in [0.25, 0.3) is 5.91 Å². The van der Waals surface area contributed by atoms with Crippen LogP contribution in [0.2, 0.25) is 0 Å². The van der Waals surface area contributed by atoms with Crippen LogP contribution in [0.15, 0.2) is 36.8 Å². The fourth-order valence-corrected chi connectivity index (χ4v) is 3.84. The number of ether oxygens (including phenoxy) is 2.